The summed E-state index contributed by atoms with van der Waals surface area (Å²) in [5, 5.41) is 12.4. The highest BCUT2D eigenvalue weighted by Gasteiger charge is 2.22. The maximum Gasteiger partial charge on any atom is 0.230 e. The molecule has 4 aromatic rings. The van der Waals surface area contributed by atoms with E-state index in [2.05, 4.69) is 5.32 Å². The zero-order valence-electron chi connectivity index (χ0n) is 18.3. The molecule has 2 N–H and O–H groups in total. The summed E-state index contributed by atoms with van der Waals surface area (Å²) in [6.45, 7) is 0. The molecule has 0 fully saturated rings. The minimum Gasteiger partial charge on any atom is -0.508 e. The Kier molecular flexibility index (Phi) is 5.87. The summed E-state index contributed by atoms with van der Waals surface area (Å²) in [6, 6.07) is 21.0. The second-order valence-electron chi connectivity index (χ2n) is 8.19. The number of nitrogens with one attached hydrogen (secondary N) is 1. The van der Waals surface area contributed by atoms with Crippen LogP contribution in [0.15, 0.2) is 72.8 Å². The van der Waals surface area contributed by atoms with Gasteiger partial charge in [-0.15, -0.1) is 0 Å². The summed E-state index contributed by atoms with van der Waals surface area (Å²) in [5.41, 5.74) is 5.56. The van der Waals surface area contributed by atoms with Crippen LogP contribution in [0.3, 0.4) is 0 Å². The van der Waals surface area contributed by atoms with Gasteiger partial charge in [0, 0.05) is 5.56 Å². The Balaban J connectivity index is 1.50. The van der Waals surface area contributed by atoms with E-state index in [1.165, 1.54) is 6.07 Å². The maximum absolute atomic E-state index is 13.8. The van der Waals surface area contributed by atoms with E-state index in [4.69, 9.17) is 9.97 Å². The SMILES string of the molecule is O=C(Cc1ccc(O)cc1)Nc1nc2c(nc1C=Cc1ccccc1)-c1ccc(F)cc1CC2. The van der Waals surface area contributed by atoms with Gasteiger partial charge < -0.3 is 10.4 Å². The molecule has 1 aliphatic carbocycles. The molecule has 0 saturated heterocycles. The molecular formula is C28H22FN3O2. The highest BCUT2D eigenvalue weighted by atomic mass is 19.1. The van der Waals surface area contributed by atoms with Crippen molar-refractivity contribution in [3.8, 4) is 17.0 Å². The minimum absolute atomic E-state index is 0.142. The molecule has 0 saturated carbocycles. The van der Waals surface area contributed by atoms with Gasteiger partial charge in [-0.2, -0.15) is 0 Å². The quantitative estimate of drug-likeness (QED) is 0.424. The lowest BCUT2D eigenvalue weighted by molar-refractivity contribution is -0.115. The number of aromatic hydroxyl groups is 1. The van der Waals surface area contributed by atoms with Gasteiger partial charge >= 0.3 is 0 Å². The second-order valence-corrected chi connectivity index (χ2v) is 8.19. The van der Waals surface area contributed by atoms with Crippen molar-refractivity contribution in [2.24, 2.45) is 0 Å². The zero-order valence-corrected chi connectivity index (χ0v) is 18.3. The summed E-state index contributed by atoms with van der Waals surface area (Å²) in [5.74, 6) is 0.0449. The van der Waals surface area contributed by atoms with Gasteiger partial charge in [-0.25, -0.2) is 14.4 Å². The van der Waals surface area contributed by atoms with Gasteiger partial charge in [0.05, 0.1) is 17.8 Å². The van der Waals surface area contributed by atoms with Crippen LogP contribution in [0.25, 0.3) is 23.4 Å². The van der Waals surface area contributed by atoms with Crippen molar-refractivity contribution >= 4 is 23.9 Å². The molecule has 1 aliphatic rings. The normalized spacial score (nSPS) is 12.3. The van der Waals surface area contributed by atoms with E-state index in [0.29, 0.717) is 30.0 Å². The molecule has 0 bridgehead atoms. The number of phenols is 1. The van der Waals surface area contributed by atoms with Gasteiger partial charge in [-0.05, 0) is 65.9 Å². The van der Waals surface area contributed by atoms with Crippen LogP contribution in [0.5, 0.6) is 5.75 Å². The van der Waals surface area contributed by atoms with Crippen molar-refractivity contribution in [3.05, 3.63) is 107 Å². The van der Waals surface area contributed by atoms with E-state index >= 15 is 0 Å². The number of hydrogen-bond acceptors (Lipinski definition) is 4. The van der Waals surface area contributed by atoms with E-state index in [1.807, 2.05) is 42.5 Å². The first-order valence-electron chi connectivity index (χ1n) is 11.1. The van der Waals surface area contributed by atoms with E-state index in [-0.39, 0.29) is 23.9 Å². The van der Waals surface area contributed by atoms with Crippen LogP contribution in [0, 0.1) is 5.82 Å². The summed E-state index contributed by atoms with van der Waals surface area (Å²) in [4.78, 5) is 22.4. The topological polar surface area (TPSA) is 75.1 Å². The van der Waals surface area contributed by atoms with Gasteiger partial charge in [0.15, 0.2) is 5.82 Å². The van der Waals surface area contributed by atoms with E-state index < -0.39 is 0 Å². The van der Waals surface area contributed by atoms with Crippen LogP contribution in [0.4, 0.5) is 10.2 Å². The molecule has 0 atom stereocenters. The Labute approximate surface area is 196 Å². The number of carbonyl (C=O) groups excluding carboxylic acids is 1. The van der Waals surface area contributed by atoms with Gasteiger partial charge in [0.2, 0.25) is 5.91 Å². The van der Waals surface area contributed by atoms with Crippen LogP contribution >= 0.6 is 0 Å². The molecule has 3 aromatic carbocycles. The first-order valence-corrected chi connectivity index (χ1v) is 11.1. The Morgan fingerprint density at radius 3 is 2.56 bits per heavy atom. The fourth-order valence-corrected chi connectivity index (χ4v) is 4.05. The monoisotopic (exact) mass is 451 g/mol. The highest BCUT2D eigenvalue weighted by molar-refractivity contribution is 5.94. The maximum atomic E-state index is 13.8. The number of hydrogen-bond donors (Lipinski definition) is 2. The lowest BCUT2D eigenvalue weighted by Gasteiger charge is -2.20. The molecule has 1 heterocycles. The fourth-order valence-electron chi connectivity index (χ4n) is 4.05. The Morgan fingerprint density at radius 1 is 0.971 bits per heavy atom. The summed E-state index contributed by atoms with van der Waals surface area (Å²) in [7, 11) is 0. The lowest BCUT2D eigenvalue weighted by Crippen LogP contribution is -2.19. The average Bonchev–Trinajstić information content (AvgIpc) is 2.84. The molecule has 5 nitrogen and oxygen atoms in total. The molecule has 1 aromatic heterocycles. The number of rotatable bonds is 5. The fraction of sp³-hybridized carbons (Fsp3) is 0.107. The standard InChI is InChI=1S/C28H22FN3O2/c29-21-10-13-23-20(17-21)9-15-24-27(23)30-25(14-8-18-4-2-1-3-5-18)28(31-24)32-26(34)16-19-6-11-22(33)12-7-19/h1-8,10-14,17,33H,9,15-16H2,(H,31,32,34). The van der Waals surface area contributed by atoms with Gasteiger partial charge in [0.25, 0.3) is 0 Å². The number of anilines is 1. The Morgan fingerprint density at radius 2 is 1.76 bits per heavy atom. The van der Waals surface area contributed by atoms with Crippen LogP contribution in [0.2, 0.25) is 0 Å². The molecule has 0 radical (unpaired) electrons. The van der Waals surface area contributed by atoms with Crippen molar-refractivity contribution in [2.45, 2.75) is 19.3 Å². The predicted octanol–water partition coefficient (Wildman–Crippen LogP) is 5.44. The zero-order chi connectivity index (χ0) is 23.5. The Hall–Kier alpha value is -4.32. The van der Waals surface area contributed by atoms with Crippen molar-refractivity contribution in [1.82, 2.24) is 9.97 Å². The predicted molar refractivity (Wildman–Crippen MR) is 131 cm³/mol. The molecular weight excluding hydrogens is 429 g/mol. The van der Waals surface area contributed by atoms with Crippen molar-refractivity contribution in [2.75, 3.05) is 5.32 Å². The van der Waals surface area contributed by atoms with E-state index in [0.717, 1.165) is 27.9 Å². The molecule has 5 rings (SSSR count). The van der Waals surface area contributed by atoms with Crippen molar-refractivity contribution in [3.63, 3.8) is 0 Å². The third-order valence-electron chi connectivity index (χ3n) is 5.74. The second kappa shape index (κ2) is 9.27. The minimum atomic E-state index is -0.266. The first-order chi connectivity index (χ1) is 16.5. The average molecular weight is 452 g/mol. The molecule has 168 valence electrons. The Bertz CT molecular complexity index is 1380. The summed E-state index contributed by atoms with van der Waals surface area (Å²) < 4.78 is 13.8. The smallest absolute Gasteiger partial charge is 0.230 e. The third kappa shape index (κ3) is 4.71. The lowest BCUT2D eigenvalue weighted by atomic mass is 9.91. The van der Waals surface area contributed by atoms with Crippen LogP contribution in [-0.4, -0.2) is 21.0 Å². The van der Waals surface area contributed by atoms with Crippen LogP contribution in [-0.2, 0) is 24.1 Å². The molecule has 34 heavy (non-hydrogen) atoms. The molecule has 0 aliphatic heterocycles. The number of nitrogens with zero attached hydrogens (tertiary/aromatic N) is 2. The number of fused-ring (bicyclic) bond motifs is 3. The molecule has 6 heteroatoms. The summed E-state index contributed by atoms with van der Waals surface area (Å²) >= 11 is 0. The van der Waals surface area contributed by atoms with Crippen LogP contribution < -0.4 is 5.32 Å². The first kappa shape index (κ1) is 21.5. The number of amides is 1. The van der Waals surface area contributed by atoms with Crippen molar-refractivity contribution < 1.29 is 14.3 Å². The number of benzene rings is 3. The summed E-state index contributed by atoms with van der Waals surface area (Å²) in [6.07, 6.45) is 5.16. The molecule has 0 unspecified atom stereocenters. The number of carbonyl (C=O) groups is 1. The highest BCUT2D eigenvalue weighted by Crippen LogP contribution is 2.33. The molecule has 1 amide bonds. The van der Waals surface area contributed by atoms with Gasteiger partial charge in [-0.3, -0.25) is 4.79 Å². The number of halogens is 1. The van der Waals surface area contributed by atoms with E-state index in [1.54, 1.807) is 36.4 Å². The van der Waals surface area contributed by atoms with Gasteiger partial charge in [-0.1, -0.05) is 48.5 Å². The van der Waals surface area contributed by atoms with Gasteiger partial charge in [0.1, 0.15) is 17.3 Å². The number of phenolic OH excluding ortho intramolecular Hbond substituents is 1. The molecule has 0 spiro atoms. The number of aryl methyl sites for hydroxylation is 2. The number of aromatic nitrogens is 2. The third-order valence-corrected chi connectivity index (χ3v) is 5.74. The van der Waals surface area contributed by atoms with Crippen LogP contribution in [0.1, 0.15) is 28.1 Å². The van der Waals surface area contributed by atoms with E-state index in [9.17, 15) is 14.3 Å². The largest absolute Gasteiger partial charge is 0.508 e. The van der Waals surface area contributed by atoms with Crippen molar-refractivity contribution in [1.29, 1.82) is 0 Å².